The van der Waals surface area contributed by atoms with Gasteiger partial charge in [-0.25, -0.2) is 9.59 Å². The first-order valence-corrected chi connectivity index (χ1v) is 7.72. The second-order valence-corrected chi connectivity index (χ2v) is 5.19. The normalized spacial score (nSPS) is 9.67. The highest BCUT2D eigenvalue weighted by molar-refractivity contribution is 6.03. The molecule has 0 aromatic heterocycles. The summed E-state index contributed by atoms with van der Waals surface area (Å²) in [5, 5.41) is 11.5. The third-order valence-corrected chi connectivity index (χ3v) is 3.49. The van der Waals surface area contributed by atoms with Crippen LogP contribution in [0.3, 0.4) is 0 Å². The molecule has 0 heterocycles. The molecule has 0 fully saturated rings. The zero-order valence-electron chi connectivity index (χ0n) is 14.6. The molecule has 2 rings (SSSR count). The number of anilines is 1. The molecule has 1 amide bonds. The molecule has 0 spiro atoms. The van der Waals surface area contributed by atoms with Crippen LogP contribution >= 0.6 is 0 Å². The number of nitrogens with one attached hydrogen (secondary N) is 1. The number of benzene rings is 2. The fraction of sp³-hybridized carbons (Fsp3) is 0.158. The Balaban J connectivity index is 2.18. The van der Waals surface area contributed by atoms with Crippen LogP contribution in [-0.4, -0.2) is 38.7 Å². The van der Waals surface area contributed by atoms with Crippen LogP contribution in [0.4, 0.5) is 5.69 Å². The molecule has 1 N–H and O–H groups in total. The van der Waals surface area contributed by atoms with E-state index >= 15 is 0 Å². The van der Waals surface area contributed by atoms with E-state index in [9.17, 15) is 14.4 Å². The van der Waals surface area contributed by atoms with Crippen LogP contribution in [0.15, 0.2) is 42.5 Å². The third-order valence-electron chi connectivity index (χ3n) is 3.49. The van der Waals surface area contributed by atoms with Gasteiger partial charge in [0.2, 0.25) is 0 Å². The second-order valence-electron chi connectivity index (χ2n) is 5.19. The van der Waals surface area contributed by atoms with Crippen molar-refractivity contribution < 1.29 is 28.6 Å². The average Bonchev–Trinajstić information content (AvgIpc) is 2.71. The number of rotatable bonds is 6. The molecule has 8 heteroatoms. The standard InChI is InChI=1S/C19H16N2O6/c1-25-18(23)12-7-8-14(19(24)26-2)15(9-12)21-17(22)11-27-16-6-4-3-5-13(16)10-20/h3-9H,11H2,1-2H3,(H,21,22). The molecule has 0 radical (unpaired) electrons. The van der Waals surface area contributed by atoms with Gasteiger partial charge in [0.15, 0.2) is 6.61 Å². The van der Waals surface area contributed by atoms with E-state index < -0.39 is 24.5 Å². The van der Waals surface area contributed by atoms with Crippen molar-refractivity contribution in [2.45, 2.75) is 0 Å². The van der Waals surface area contributed by atoms with Gasteiger partial charge in [-0.1, -0.05) is 12.1 Å². The number of ether oxygens (including phenoxy) is 3. The summed E-state index contributed by atoms with van der Waals surface area (Å²) in [4.78, 5) is 35.8. The topological polar surface area (TPSA) is 115 Å². The summed E-state index contributed by atoms with van der Waals surface area (Å²) in [5.74, 6) is -1.64. The van der Waals surface area contributed by atoms with Crippen molar-refractivity contribution in [3.05, 3.63) is 59.2 Å². The molecule has 27 heavy (non-hydrogen) atoms. The zero-order chi connectivity index (χ0) is 19.8. The highest BCUT2D eigenvalue weighted by Gasteiger charge is 2.17. The summed E-state index contributed by atoms with van der Waals surface area (Å²) >= 11 is 0. The second kappa shape index (κ2) is 9.01. The molecule has 2 aromatic carbocycles. The predicted molar refractivity (Wildman–Crippen MR) is 94.4 cm³/mol. The molecule has 8 nitrogen and oxygen atoms in total. The lowest BCUT2D eigenvalue weighted by Crippen LogP contribution is -2.22. The first kappa shape index (κ1) is 19.5. The maximum absolute atomic E-state index is 12.2. The number of para-hydroxylation sites is 1. The summed E-state index contributed by atoms with van der Waals surface area (Å²) in [5.41, 5.74) is 0.576. The monoisotopic (exact) mass is 368 g/mol. The van der Waals surface area contributed by atoms with Crippen molar-refractivity contribution in [3.8, 4) is 11.8 Å². The van der Waals surface area contributed by atoms with Crippen LogP contribution in [0.5, 0.6) is 5.75 Å². The minimum Gasteiger partial charge on any atom is -0.482 e. The van der Waals surface area contributed by atoms with Crippen molar-refractivity contribution in [1.82, 2.24) is 0 Å². The lowest BCUT2D eigenvalue weighted by Gasteiger charge is -2.12. The van der Waals surface area contributed by atoms with Gasteiger partial charge in [0, 0.05) is 0 Å². The van der Waals surface area contributed by atoms with Gasteiger partial charge in [-0.15, -0.1) is 0 Å². The Morgan fingerprint density at radius 1 is 1.04 bits per heavy atom. The van der Waals surface area contributed by atoms with Crippen molar-refractivity contribution in [2.24, 2.45) is 0 Å². The van der Waals surface area contributed by atoms with E-state index in [1.54, 1.807) is 24.3 Å². The fourth-order valence-corrected chi connectivity index (χ4v) is 2.19. The maximum Gasteiger partial charge on any atom is 0.339 e. The average molecular weight is 368 g/mol. The lowest BCUT2D eigenvalue weighted by molar-refractivity contribution is -0.118. The number of hydrogen-bond acceptors (Lipinski definition) is 7. The summed E-state index contributed by atoms with van der Waals surface area (Å²) in [6.07, 6.45) is 0. The Kier molecular flexibility index (Phi) is 6.49. The molecule has 2 aromatic rings. The minimum absolute atomic E-state index is 0.0657. The third kappa shape index (κ3) is 4.83. The summed E-state index contributed by atoms with van der Waals surface area (Å²) in [6, 6.07) is 12.5. The van der Waals surface area contributed by atoms with Gasteiger partial charge in [0.05, 0.1) is 36.6 Å². The molecular weight excluding hydrogens is 352 g/mol. The molecule has 0 bridgehead atoms. The van der Waals surface area contributed by atoms with Gasteiger partial charge in [-0.05, 0) is 30.3 Å². The first-order valence-electron chi connectivity index (χ1n) is 7.72. The smallest absolute Gasteiger partial charge is 0.339 e. The number of hydrogen-bond donors (Lipinski definition) is 1. The molecule has 0 unspecified atom stereocenters. The van der Waals surface area contributed by atoms with E-state index in [1.165, 1.54) is 32.4 Å². The molecule has 0 aliphatic heterocycles. The van der Waals surface area contributed by atoms with E-state index in [4.69, 9.17) is 10.00 Å². The van der Waals surface area contributed by atoms with Gasteiger partial charge in [0.25, 0.3) is 5.91 Å². The van der Waals surface area contributed by atoms with Crippen LogP contribution in [0.2, 0.25) is 0 Å². The summed E-state index contributed by atoms with van der Waals surface area (Å²) in [6.45, 7) is -0.401. The van der Waals surface area contributed by atoms with E-state index in [0.29, 0.717) is 0 Å². The molecule has 0 atom stereocenters. The maximum atomic E-state index is 12.2. The molecule has 0 aliphatic carbocycles. The van der Waals surface area contributed by atoms with Gasteiger partial charge in [-0.2, -0.15) is 5.26 Å². The quantitative estimate of drug-likeness (QED) is 0.777. The van der Waals surface area contributed by atoms with Crippen LogP contribution in [0.1, 0.15) is 26.3 Å². The van der Waals surface area contributed by atoms with E-state index in [1.807, 2.05) is 6.07 Å². The van der Waals surface area contributed by atoms with Gasteiger partial charge < -0.3 is 19.5 Å². The predicted octanol–water partition coefficient (Wildman–Crippen LogP) is 2.15. The number of nitrogens with zero attached hydrogens (tertiary/aromatic N) is 1. The van der Waals surface area contributed by atoms with Gasteiger partial charge in [-0.3, -0.25) is 4.79 Å². The summed E-state index contributed by atoms with van der Waals surface area (Å²) in [7, 11) is 2.42. The molecule has 0 saturated carbocycles. The minimum atomic E-state index is -0.683. The Morgan fingerprint density at radius 3 is 2.41 bits per heavy atom. The van der Waals surface area contributed by atoms with Crippen LogP contribution < -0.4 is 10.1 Å². The van der Waals surface area contributed by atoms with Crippen molar-refractivity contribution >= 4 is 23.5 Å². The molecule has 0 aliphatic rings. The Bertz CT molecular complexity index is 917. The molecular formula is C19H16N2O6. The Labute approximate surface area is 155 Å². The van der Waals surface area contributed by atoms with E-state index in [2.05, 4.69) is 14.8 Å². The lowest BCUT2D eigenvalue weighted by atomic mass is 10.1. The van der Waals surface area contributed by atoms with Crippen molar-refractivity contribution in [2.75, 3.05) is 26.1 Å². The Morgan fingerprint density at radius 2 is 1.74 bits per heavy atom. The number of carbonyl (C=O) groups excluding carboxylic acids is 3. The van der Waals surface area contributed by atoms with Crippen LogP contribution in [0.25, 0.3) is 0 Å². The fourth-order valence-electron chi connectivity index (χ4n) is 2.19. The SMILES string of the molecule is COC(=O)c1ccc(C(=O)OC)c(NC(=O)COc2ccccc2C#N)c1. The number of amides is 1. The summed E-state index contributed by atoms with van der Waals surface area (Å²) < 4.78 is 14.6. The molecule has 138 valence electrons. The Hall–Kier alpha value is -3.86. The largest absolute Gasteiger partial charge is 0.482 e. The van der Waals surface area contributed by atoms with Crippen molar-refractivity contribution in [1.29, 1.82) is 5.26 Å². The van der Waals surface area contributed by atoms with E-state index in [0.717, 1.165) is 0 Å². The first-order chi connectivity index (χ1) is 13.0. The molecule has 0 saturated heterocycles. The highest BCUT2D eigenvalue weighted by atomic mass is 16.5. The van der Waals surface area contributed by atoms with E-state index in [-0.39, 0.29) is 28.1 Å². The highest BCUT2D eigenvalue weighted by Crippen LogP contribution is 2.20. The zero-order valence-corrected chi connectivity index (χ0v) is 14.6. The van der Waals surface area contributed by atoms with Gasteiger partial charge in [0.1, 0.15) is 11.8 Å². The number of nitriles is 1. The number of methoxy groups -OCH3 is 2. The van der Waals surface area contributed by atoms with Gasteiger partial charge >= 0.3 is 11.9 Å². The number of carbonyl (C=O) groups is 3. The van der Waals surface area contributed by atoms with Crippen LogP contribution in [-0.2, 0) is 14.3 Å². The number of esters is 2. The van der Waals surface area contributed by atoms with Crippen LogP contribution in [0, 0.1) is 11.3 Å². The van der Waals surface area contributed by atoms with Crippen molar-refractivity contribution in [3.63, 3.8) is 0 Å².